The lowest BCUT2D eigenvalue weighted by Gasteiger charge is -2.43. The van der Waals surface area contributed by atoms with E-state index in [9.17, 15) is 4.79 Å². The summed E-state index contributed by atoms with van der Waals surface area (Å²) in [5.74, 6) is -0.161. The van der Waals surface area contributed by atoms with Crippen LogP contribution in [-0.2, 0) is 9.53 Å². The highest BCUT2D eigenvalue weighted by Gasteiger charge is 2.38. The number of nitrogens with zero attached hydrogens (tertiary/aromatic N) is 1. The number of nitrogens with one attached hydrogen (secondary N) is 1. The molecule has 112 valence electrons. The average molecular weight is 270 g/mol. The standard InChI is InChI=1S/C15H30N2O2/c1-6-10-16-15(4,14(18)19-5)11-17-12(2)8-7-9-13(17)3/h12-13,16H,6-11H2,1-5H3/t12-,13+,15?. The van der Waals surface area contributed by atoms with Crippen LogP contribution in [0, 0.1) is 0 Å². The van der Waals surface area contributed by atoms with Crippen LogP contribution in [0.5, 0.6) is 0 Å². The molecular formula is C15H30N2O2. The second kappa shape index (κ2) is 7.25. The van der Waals surface area contributed by atoms with E-state index in [1.807, 2.05) is 6.92 Å². The van der Waals surface area contributed by atoms with Crippen molar-refractivity contribution in [2.24, 2.45) is 0 Å². The molecule has 1 aliphatic heterocycles. The van der Waals surface area contributed by atoms with Gasteiger partial charge in [0, 0.05) is 18.6 Å². The fourth-order valence-corrected chi connectivity index (χ4v) is 2.97. The van der Waals surface area contributed by atoms with E-state index in [0.29, 0.717) is 12.1 Å². The molecule has 3 atom stereocenters. The summed E-state index contributed by atoms with van der Waals surface area (Å²) in [6.45, 7) is 10.1. The van der Waals surface area contributed by atoms with E-state index in [-0.39, 0.29) is 5.97 Å². The molecule has 0 aliphatic carbocycles. The van der Waals surface area contributed by atoms with Gasteiger partial charge in [0.2, 0.25) is 0 Å². The van der Waals surface area contributed by atoms with E-state index in [0.717, 1.165) is 19.5 Å². The third-order valence-corrected chi connectivity index (χ3v) is 4.28. The van der Waals surface area contributed by atoms with Crippen molar-refractivity contribution in [3.8, 4) is 0 Å². The second-order valence-electron chi connectivity index (χ2n) is 6.05. The number of esters is 1. The second-order valence-corrected chi connectivity index (χ2v) is 6.05. The van der Waals surface area contributed by atoms with Crippen molar-refractivity contribution in [3.63, 3.8) is 0 Å². The van der Waals surface area contributed by atoms with Crippen molar-refractivity contribution in [1.29, 1.82) is 0 Å². The highest BCUT2D eigenvalue weighted by Crippen LogP contribution is 2.25. The van der Waals surface area contributed by atoms with Crippen molar-refractivity contribution >= 4 is 5.97 Å². The van der Waals surface area contributed by atoms with Crippen molar-refractivity contribution in [1.82, 2.24) is 10.2 Å². The molecule has 1 heterocycles. The van der Waals surface area contributed by atoms with E-state index in [2.05, 4.69) is 31.0 Å². The van der Waals surface area contributed by atoms with Crippen LogP contribution in [0.3, 0.4) is 0 Å². The van der Waals surface area contributed by atoms with Crippen molar-refractivity contribution in [2.45, 2.75) is 71.0 Å². The normalized spacial score (nSPS) is 27.8. The Morgan fingerprint density at radius 1 is 1.37 bits per heavy atom. The minimum atomic E-state index is -0.607. The number of rotatable bonds is 6. The topological polar surface area (TPSA) is 41.6 Å². The lowest BCUT2D eigenvalue weighted by molar-refractivity contribution is -0.149. The Morgan fingerprint density at radius 3 is 2.42 bits per heavy atom. The number of carbonyl (C=O) groups is 1. The quantitative estimate of drug-likeness (QED) is 0.751. The first-order chi connectivity index (χ1) is 8.94. The number of hydrogen-bond donors (Lipinski definition) is 1. The van der Waals surface area contributed by atoms with Gasteiger partial charge in [0.1, 0.15) is 5.54 Å². The predicted molar refractivity (Wildman–Crippen MR) is 78.2 cm³/mol. The molecule has 4 nitrogen and oxygen atoms in total. The van der Waals surface area contributed by atoms with E-state index in [1.54, 1.807) is 0 Å². The largest absolute Gasteiger partial charge is 0.468 e. The molecule has 0 radical (unpaired) electrons. The summed E-state index contributed by atoms with van der Waals surface area (Å²) >= 11 is 0. The summed E-state index contributed by atoms with van der Waals surface area (Å²) in [7, 11) is 1.47. The molecule has 19 heavy (non-hydrogen) atoms. The lowest BCUT2D eigenvalue weighted by atomic mass is 9.93. The van der Waals surface area contributed by atoms with Gasteiger partial charge in [-0.2, -0.15) is 0 Å². The van der Waals surface area contributed by atoms with Gasteiger partial charge in [0.05, 0.1) is 7.11 Å². The molecule has 1 fully saturated rings. The van der Waals surface area contributed by atoms with Gasteiger partial charge in [-0.3, -0.25) is 9.69 Å². The Labute approximate surface area is 117 Å². The highest BCUT2D eigenvalue weighted by molar-refractivity contribution is 5.80. The molecule has 1 unspecified atom stereocenters. The van der Waals surface area contributed by atoms with E-state index < -0.39 is 5.54 Å². The fourth-order valence-electron chi connectivity index (χ4n) is 2.97. The smallest absolute Gasteiger partial charge is 0.327 e. The number of ether oxygens (including phenoxy) is 1. The predicted octanol–water partition coefficient (Wildman–Crippen LogP) is 2.18. The molecule has 0 amide bonds. The summed E-state index contributed by atoms with van der Waals surface area (Å²) in [6.07, 6.45) is 4.73. The first-order valence-corrected chi connectivity index (χ1v) is 7.53. The van der Waals surface area contributed by atoms with Crippen LogP contribution in [0.4, 0.5) is 0 Å². The van der Waals surface area contributed by atoms with Crippen LogP contribution in [-0.4, -0.2) is 48.7 Å². The zero-order valence-corrected chi connectivity index (χ0v) is 13.2. The van der Waals surface area contributed by atoms with E-state index in [1.165, 1.54) is 26.4 Å². The Hall–Kier alpha value is -0.610. The first-order valence-electron chi connectivity index (χ1n) is 7.53. The summed E-state index contributed by atoms with van der Waals surface area (Å²) in [4.78, 5) is 14.6. The van der Waals surface area contributed by atoms with E-state index >= 15 is 0 Å². The van der Waals surface area contributed by atoms with Crippen LogP contribution in [0.25, 0.3) is 0 Å². The van der Waals surface area contributed by atoms with Gasteiger partial charge in [-0.05, 0) is 46.6 Å². The van der Waals surface area contributed by atoms with Crippen LogP contribution in [0.1, 0.15) is 53.4 Å². The van der Waals surface area contributed by atoms with Gasteiger partial charge >= 0.3 is 5.97 Å². The molecule has 0 spiro atoms. The molecule has 0 aromatic rings. The lowest BCUT2D eigenvalue weighted by Crippen LogP contribution is -2.61. The van der Waals surface area contributed by atoms with Crippen molar-refractivity contribution < 1.29 is 9.53 Å². The van der Waals surface area contributed by atoms with Crippen LogP contribution >= 0.6 is 0 Å². The maximum atomic E-state index is 12.1. The minimum absolute atomic E-state index is 0.161. The van der Waals surface area contributed by atoms with Gasteiger partial charge in [-0.25, -0.2) is 0 Å². The SMILES string of the molecule is CCCNC(C)(CN1[C@H](C)CCC[C@@H]1C)C(=O)OC. The average Bonchev–Trinajstić information content (AvgIpc) is 2.40. The molecule has 0 bridgehead atoms. The molecule has 0 aromatic carbocycles. The van der Waals surface area contributed by atoms with Gasteiger partial charge in [-0.15, -0.1) is 0 Å². The van der Waals surface area contributed by atoms with Gasteiger partial charge in [0.15, 0.2) is 0 Å². The van der Waals surface area contributed by atoms with Gasteiger partial charge in [0.25, 0.3) is 0 Å². The summed E-state index contributed by atoms with van der Waals surface area (Å²) in [5.41, 5.74) is -0.607. The van der Waals surface area contributed by atoms with Crippen LogP contribution in [0.15, 0.2) is 0 Å². The molecule has 4 heteroatoms. The zero-order valence-electron chi connectivity index (χ0n) is 13.2. The highest BCUT2D eigenvalue weighted by atomic mass is 16.5. The van der Waals surface area contributed by atoms with E-state index in [4.69, 9.17) is 4.74 Å². The molecule has 1 rings (SSSR count). The monoisotopic (exact) mass is 270 g/mol. The maximum Gasteiger partial charge on any atom is 0.327 e. The number of carbonyl (C=O) groups excluding carboxylic acids is 1. The third-order valence-electron chi connectivity index (χ3n) is 4.28. The summed E-state index contributed by atoms with van der Waals surface area (Å²) < 4.78 is 5.00. The Morgan fingerprint density at radius 2 is 1.95 bits per heavy atom. The molecule has 0 aromatic heterocycles. The molecule has 1 saturated heterocycles. The van der Waals surface area contributed by atoms with Gasteiger partial charge < -0.3 is 10.1 Å². The maximum absolute atomic E-state index is 12.1. The molecule has 1 N–H and O–H groups in total. The fraction of sp³-hybridized carbons (Fsp3) is 0.933. The minimum Gasteiger partial charge on any atom is -0.468 e. The Kier molecular flexibility index (Phi) is 6.27. The zero-order chi connectivity index (χ0) is 14.5. The molecule has 1 aliphatic rings. The number of likely N-dealkylation sites (tertiary alicyclic amines) is 1. The summed E-state index contributed by atoms with van der Waals surface area (Å²) in [6, 6.07) is 1.08. The third kappa shape index (κ3) is 4.18. The molecule has 0 saturated carbocycles. The molecular weight excluding hydrogens is 240 g/mol. The number of hydrogen-bond acceptors (Lipinski definition) is 4. The first kappa shape index (κ1) is 16.4. The summed E-state index contributed by atoms with van der Waals surface area (Å²) in [5, 5.41) is 3.37. The Balaban J connectivity index is 2.77. The number of methoxy groups -OCH3 is 1. The van der Waals surface area contributed by atoms with Crippen molar-refractivity contribution in [3.05, 3.63) is 0 Å². The van der Waals surface area contributed by atoms with Crippen molar-refractivity contribution in [2.75, 3.05) is 20.2 Å². The van der Waals surface area contributed by atoms with Gasteiger partial charge in [-0.1, -0.05) is 13.3 Å². The van der Waals surface area contributed by atoms with Crippen LogP contribution < -0.4 is 5.32 Å². The number of piperidine rings is 1. The van der Waals surface area contributed by atoms with Crippen LogP contribution in [0.2, 0.25) is 0 Å². The Bertz CT molecular complexity index is 286.